The molecule has 1 aromatic heterocycles. The average Bonchev–Trinajstić information content (AvgIpc) is 2.61. The van der Waals surface area contributed by atoms with E-state index in [-0.39, 0.29) is 18.9 Å². The van der Waals surface area contributed by atoms with Crippen molar-refractivity contribution in [1.29, 1.82) is 0 Å². The SMILES string of the molecule is Cn1cc(/C=C/C(=O)NCCC(=O)O)cn1. The molecular weight excluding hydrogens is 210 g/mol. The summed E-state index contributed by atoms with van der Waals surface area (Å²) in [6, 6.07) is 0. The number of carbonyl (C=O) groups excluding carboxylic acids is 1. The zero-order valence-electron chi connectivity index (χ0n) is 8.88. The molecule has 0 unspecified atom stereocenters. The molecule has 1 heterocycles. The molecule has 0 saturated carbocycles. The highest BCUT2D eigenvalue weighted by Crippen LogP contribution is 1.98. The molecule has 0 atom stereocenters. The summed E-state index contributed by atoms with van der Waals surface area (Å²) < 4.78 is 1.63. The minimum Gasteiger partial charge on any atom is -0.481 e. The Morgan fingerprint density at radius 1 is 1.62 bits per heavy atom. The molecule has 0 saturated heterocycles. The van der Waals surface area contributed by atoms with E-state index in [1.54, 1.807) is 30.2 Å². The van der Waals surface area contributed by atoms with Crippen LogP contribution in [-0.4, -0.2) is 33.3 Å². The van der Waals surface area contributed by atoms with Crippen LogP contribution < -0.4 is 5.32 Å². The van der Waals surface area contributed by atoms with Crippen LogP contribution in [0.3, 0.4) is 0 Å². The molecule has 0 bridgehead atoms. The molecule has 1 amide bonds. The lowest BCUT2D eigenvalue weighted by atomic mass is 10.3. The van der Waals surface area contributed by atoms with Crippen LogP contribution in [0.1, 0.15) is 12.0 Å². The minimum absolute atomic E-state index is 0.0769. The fraction of sp³-hybridized carbons (Fsp3) is 0.300. The maximum absolute atomic E-state index is 11.2. The van der Waals surface area contributed by atoms with Gasteiger partial charge in [0.1, 0.15) is 0 Å². The van der Waals surface area contributed by atoms with Crippen LogP contribution in [0, 0.1) is 0 Å². The fourth-order valence-corrected chi connectivity index (χ4v) is 1.05. The first-order valence-corrected chi connectivity index (χ1v) is 4.74. The molecule has 0 aliphatic heterocycles. The van der Waals surface area contributed by atoms with Gasteiger partial charge in [-0.1, -0.05) is 0 Å². The topological polar surface area (TPSA) is 84.2 Å². The van der Waals surface area contributed by atoms with Crippen LogP contribution in [0.15, 0.2) is 18.5 Å². The number of hydrogen-bond donors (Lipinski definition) is 2. The van der Waals surface area contributed by atoms with Crippen molar-refractivity contribution in [1.82, 2.24) is 15.1 Å². The minimum atomic E-state index is -0.934. The normalized spacial score (nSPS) is 10.6. The second-order valence-corrected chi connectivity index (χ2v) is 3.22. The number of aromatic nitrogens is 2. The van der Waals surface area contributed by atoms with E-state index in [1.807, 2.05) is 0 Å². The number of amides is 1. The Hall–Kier alpha value is -2.11. The summed E-state index contributed by atoms with van der Waals surface area (Å²) in [6.45, 7) is 0.131. The lowest BCUT2D eigenvalue weighted by Gasteiger charge is -1.97. The molecule has 0 fully saturated rings. The van der Waals surface area contributed by atoms with Crippen molar-refractivity contribution in [3.8, 4) is 0 Å². The van der Waals surface area contributed by atoms with Crippen LogP contribution in [0.25, 0.3) is 6.08 Å². The van der Waals surface area contributed by atoms with Crippen molar-refractivity contribution in [2.45, 2.75) is 6.42 Å². The van der Waals surface area contributed by atoms with Crippen LogP contribution in [0.5, 0.6) is 0 Å². The Balaban J connectivity index is 2.34. The number of aryl methyl sites for hydroxylation is 1. The zero-order chi connectivity index (χ0) is 12.0. The predicted octanol–water partition coefficient (Wildman–Crippen LogP) is 0.0242. The lowest BCUT2D eigenvalue weighted by Crippen LogP contribution is -2.23. The number of hydrogen-bond acceptors (Lipinski definition) is 3. The summed E-state index contributed by atoms with van der Waals surface area (Å²) >= 11 is 0. The number of rotatable bonds is 5. The molecular formula is C10H13N3O3. The van der Waals surface area contributed by atoms with Crippen molar-refractivity contribution in [3.63, 3.8) is 0 Å². The van der Waals surface area contributed by atoms with Gasteiger partial charge in [0.05, 0.1) is 12.6 Å². The van der Waals surface area contributed by atoms with E-state index in [9.17, 15) is 9.59 Å². The van der Waals surface area contributed by atoms with Gasteiger partial charge in [0, 0.05) is 31.4 Å². The van der Waals surface area contributed by atoms with Crippen LogP contribution in [0.2, 0.25) is 0 Å². The van der Waals surface area contributed by atoms with Crippen LogP contribution in [0.4, 0.5) is 0 Å². The molecule has 16 heavy (non-hydrogen) atoms. The highest BCUT2D eigenvalue weighted by molar-refractivity contribution is 5.91. The molecule has 0 spiro atoms. The van der Waals surface area contributed by atoms with Crippen molar-refractivity contribution in [2.24, 2.45) is 7.05 Å². The molecule has 86 valence electrons. The summed E-state index contributed by atoms with van der Waals surface area (Å²) in [5.41, 5.74) is 0.816. The van der Waals surface area contributed by atoms with Crippen molar-refractivity contribution in [2.75, 3.05) is 6.54 Å². The van der Waals surface area contributed by atoms with Gasteiger partial charge in [0.25, 0.3) is 0 Å². The van der Waals surface area contributed by atoms with E-state index < -0.39 is 5.97 Å². The second-order valence-electron chi connectivity index (χ2n) is 3.22. The first kappa shape index (κ1) is 12.0. The molecule has 0 aliphatic rings. The van der Waals surface area contributed by atoms with Gasteiger partial charge in [0.2, 0.25) is 5.91 Å². The number of carboxylic acids is 1. The third-order valence-corrected chi connectivity index (χ3v) is 1.79. The second kappa shape index (κ2) is 5.69. The maximum Gasteiger partial charge on any atom is 0.305 e. The molecule has 2 N–H and O–H groups in total. The van der Waals surface area contributed by atoms with Gasteiger partial charge in [-0.2, -0.15) is 5.10 Å². The highest BCUT2D eigenvalue weighted by atomic mass is 16.4. The van der Waals surface area contributed by atoms with E-state index in [0.717, 1.165) is 5.56 Å². The Morgan fingerprint density at radius 2 is 2.38 bits per heavy atom. The first-order chi connectivity index (χ1) is 7.58. The zero-order valence-corrected chi connectivity index (χ0v) is 8.88. The summed E-state index contributed by atoms with van der Waals surface area (Å²) in [4.78, 5) is 21.4. The van der Waals surface area contributed by atoms with Gasteiger partial charge in [-0.3, -0.25) is 14.3 Å². The summed E-state index contributed by atoms with van der Waals surface area (Å²) in [6.07, 6.45) is 6.27. The third-order valence-electron chi connectivity index (χ3n) is 1.79. The molecule has 0 aromatic carbocycles. The molecule has 0 aliphatic carbocycles. The molecule has 1 aromatic rings. The van der Waals surface area contributed by atoms with Gasteiger partial charge < -0.3 is 10.4 Å². The van der Waals surface area contributed by atoms with Crippen molar-refractivity contribution >= 4 is 18.0 Å². The number of aliphatic carboxylic acids is 1. The number of nitrogens with one attached hydrogen (secondary N) is 1. The standard InChI is InChI=1S/C10H13N3O3/c1-13-7-8(6-12-13)2-3-9(14)11-5-4-10(15)16/h2-3,6-7H,4-5H2,1H3,(H,11,14)(H,15,16)/b3-2+. The quantitative estimate of drug-likeness (QED) is 0.689. The molecule has 6 nitrogen and oxygen atoms in total. The van der Waals surface area contributed by atoms with Gasteiger partial charge in [0.15, 0.2) is 0 Å². The monoisotopic (exact) mass is 223 g/mol. The number of carboxylic acid groups (broad SMARTS) is 1. The van der Waals surface area contributed by atoms with E-state index in [2.05, 4.69) is 10.4 Å². The fourth-order valence-electron chi connectivity index (χ4n) is 1.05. The smallest absolute Gasteiger partial charge is 0.305 e. The van der Waals surface area contributed by atoms with Gasteiger partial charge in [-0.25, -0.2) is 0 Å². The summed E-state index contributed by atoms with van der Waals surface area (Å²) in [5, 5.41) is 14.7. The highest BCUT2D eigenvalue weighted by Gasteiger charge is 1.98. The van der Waals surface area contributed by atoms with Crippen LogP contribution in [-0.2, 0) is 16.6 Å². The Kier molecular flexibility index (Phi) is 4.26. The third kappa shape index (κ3) is 4.41. The van der Waals surface area contributed by atoms with Gasteiger partial charge in [-0.15, -0.1) is 0 Å². The van der Waals surface area contributed by atoms with E-state index in [0.29, 0.717) is 0 Å². The molecule has 6 heteroatoms. The summed E-state index contributed by atoms with van der Waals surface area (Å²) in [7, 11) is 1.78. The Morgan fingerprint density at radius 3 is 2.94 bits per heavy atom. The largest absolute Gasteiger partial charge is 0.481 e. The van der Waals surface area contributed by atoms with Crippen molar-refractivity contribution < 1.29 is 14.7 Å². The van der Waals surface area contributed by atoms with E-state index in [1.165, 1.54) is 6.08 Å². The maximum atomic E-state index is 11.2. The molecule has 1 rings (SSSR count). The average molecular weight is 223 g/mol. The van der Waals surface area contributed by atoms with Gasteiger partial charge >= 0.3 is 5.97 Å². The van der Waals surface area contributed by atoms with Gasteiger partial charge in [-0.05, 0) is 6.08 Å². The Labute approximate surface area is 92.6 Å². The predicted molar refractivity (Wildman–Crippen MR) is 57.5 cm³/mol. The number of carbonyl (C=O) groups is 2. The van der Waals surface area contributed by atoms with E-state index in [4.69, 9.17) is 5.11 Å². The lowest BCUT2D eigenvalue weighted by molar-refractivity contribution is -0.136. The van der Waals surface area contributed by atoms with Crippen molar-refractivity contribution in [3.05, 3.63) is 24.0 Å². The number of nitrogens with zero attached hydrogens (tertiary/aromatic N) is 2. The first-order valence-electron chi connectivity index (χ1n) is 4.74. The molecule has 0 radical (unpaired) electrons. The summed E-state index contributed by atoms with van der Waals surface area (Å²) in [5.74, 6) is -1.25. The van der Waals surface area contributed by atoms with Crippen LogP contribution >= 0.6 is 0 Å². The van der Waals surface area contributed by atoms with E-state index >= 15 is 0 Å². The Bertz CT molecular complexity index is 409.